The van der Waals surface area contributed by atoms with Crippen LogP contribution in [0.2, 0.25) is 5.02 Å². The summed E-state index contributed by atoms with van der Waals surface area (Å²) in [6.45, 7) is 3.04. The third-order valence-corrected chi connectivity index (χ3v) is 7.94. The minimum absolute atomic E-state index is 0.139. The molecule has 1 unspecified atom stereocenters. The fourth-order valence-corrected chi connectivity index (χ4v) is 5.60. The van der Waals surface area contributed by atoms with Crippen molar-refractivity contribution in [3.8, 4) is 0 Å². The van der Waals surface area contributed by atoms with Crippen molar-refractivity contribution in [2.45, 2.75) is 17.9 Å². The molecule has 1 heterocycles. The van der Waals surface area contributed by atoms with Crippen LogP contribution in [0.5, 0.6) is 0 Å². The molecule has 8 heteroatoms. The summed E-state index contributed by atoms with van der Waals surface area (Å²) in [7, 11) is -3.73. The third kappa shape index (κ3) is 5.28. The van der Waals surface area contributed by atoms with Crippen LogP contribution < -0.4 is 5.32 Å². The van der Waals surface area contributed by atoms with Crippen LogP contribution in [0.25, 0.3) is 0 Å². The lowest BCUT2D eigenvalue weighted by atomic mass is 9.98. The lowest BCUT2D eigenvalue weighted by Gasteiger charge is -2.27. The van der Waals surface area contributed by atoms with E-state index in [0.29, 0.717) is 36.9 Å². The normalized spacial score (nSPS) is 15.7. The van der Waals surface area contributed by atoms with Crippen molar-refractivity contribution in [2.75, 3.05) is 26.3 Å². The third-order valence-electron chi connectivity index (χ3n) is 5.65. The second kappa shape index (κ2) is 10.1. The first-order valence-corrected chi connectivity index (χ1v) is 12.5. The van der Waals surface area contributed by atoms with Gasteiger partial charge in [0.05, 0.1) is 24.2 Å². The minimum Gasteiger partial charge on any atom is -0.379 e. The molecule has 0 bridgehead atoms. The van der Waals surface area contributed by atoms with Crippen LogP contribution >= 0.6 is 11.6 Å². The number of ether oxygens (including phenoxy) is 1. The monoisotopic (exact) mass is 484 g/mol. The average molecular weight is 485 g/mol. The van der Waals surface area contributed by atoms with Gasteiger partial charge in [-0.3, -0.25) is 4.79 Å². The number of rotatable bonds is 6. The molecule has 0 aromatic heterocycles. The van der Waals surface area contributed by atoms with Gasteiger partial charge < -0.3 is 10.1 Å². The largest absolute Gasteiger partial charge is 0.379 e. The lowest BCUT2D eigenvalue weighted by Crippen LogP contribution is -2.41. The number of carbonyl (C=O) groups excluding carboxylic acids is 1. The number of benzene rings is 3. The number of amides is 1. The molecule has 0 spiro atoms. The standard InChI is InChI=1S/C25H25ClN2O4S/c1-18-7-8-21(17-23(18)33(30,31)28-13-15-32-16-14-28)25(29)27-24(19-5-3-2-4-6-19)20-9-11-22(26)12-10-20/h2-12,17,24H,13-16H2,1H3,(H,27,29). The number of hydrogen-bond donors (Lipinski definition) is 1. The van der Waals surface area contributed by atoms with E-state index in [-0.39, 0.29) is 16.4 Å². The smallest absolute Gasteiger partial charge is 0.252 e. The lowest BCUT2D eigenvalue weighted by molar-refractivity contribution is 0.0730. The summed E-state index contributed by atoms with van der Waals surface area (Å²) in [5.74, 6) is -0.364. The van der Waals surface area contributed by atoms with Crippen LogP contribution in [-0.4, -0.2) is 44.9 Å². The zero-order valence-electron chi connectivity index (χ0n) is 18.2. The Morgan fingerprint density at radius 3 is 2.27 bits per heavy atom. The average Bonchev–Trinajstić information content (AvgIpc) is 2.84. The Morgan fingerprint density at radius 1 is 0.970 bits per heavy atom. The van der Waals surface area contributed by atoms with Crippen molar-refractivity contribution < 1.29 is 17.9 Å². The number of nitrogens with one attached hydrogen (secondary N) is 1. The summed E-state index contributed by atoms with van der Waals surface area (Å²) in [5.41, 5.74) is 2.64. The van der Waals surface area contributed by atoms with Gasteiger partial charge in [0.2, 0.25) is 10.0 Å². The number of halogens is 1. The molecule has 1 aliphatic rings. The molecule has 172 valence electrons. The molecule has 0 radical (unpaired) electrons. The van der Waals surface area contributed by atoms with E-state index in [4.69, 9.17) is 16.3 Å². The molecule has 0 saturated carbocycles. The summed E-state index contributed by atoms with van der Waals surface area (Å²) in [5, 5.41) is 3.66. The summed E-state index contributed by atoms with van der Waals surface area (Å²) in [6.07, 6.45) is 0. The highest BCUT2D eigenvalue weighted by Crippen LogP contribution is 2.26. The molecule has 3 aromatic carbocycles. The van der Waals surface area contributed by atoms with Crippen molar-refractivity contribution in [2.24, 2.45) is 0 Å². The van der Waals surface area contributed by atoms with Gasteiger partial charge in [0.15, 0.2) is 0 Å². The van der Waals surface area contributed by atoms with Gasteiger partial charge in [0.1, 0.15) is 0 Å². The van der Waals surface area contributed by atoms with Crippen LogP contribution in [0.15, 0.2) is 77.7 Å². The van der Waals surface area contributed by atoms with E-state index >= 15 is 0 Å². The van der Waals surface area contributed by atoms with Gasteiger partial charge in [0, 0.05) is 23.7 Å². The van der Waals surface area contributed by atoms with Gasteiger partial charge in [-0.05, 0) is 47.9 Å². The number of carbonyl (C=O) groups is 1. The molecule has 33 heavy (non-hydrogen) atoms. The first-order chi connectivity index (χ1) is 15.9. The highest BCUT2D eigenvalue weighted by Gasteiger charge is 2.29. The number of sulfonamides is 1. The zero-order chi connectivity index (χ0) is 23.4. The summed E-state index contributed by atoms with van der Waals surface area (Å²) in [4.78, 5) is 13.4. The Bertz CT molecular complexity index is 1230. The maximum Gasteiger partial charge on any atom is 0.252 e. The van der Waals surface area contributed by atoms with E-state index in [2.05, 4.69) is 5.32 Å². The van der Waals surface area contributed by atoms with E-state index in [1.807, 2.05) is 42.5 Å². The van der Waals surface area contributed by atoms with Crippen molar-refractivity contribution >= 4 is 27.5 Å². The molecule has 0 aliphatic carbocycles. The molecule has 1 N–H and O–H groups in total. The Hall–Kier alpha value is -2.71. The molecule has 6 nitrogen and oxygen atoms in total. The number of morpholine rings is 1. The fourth-order valence-electron chi connectivity index (χ4n) is 3.82. The zero-order valence-corrected chi connectivity index (χ0v) is 19.8. The molecular formula is C25H25ClN2O4S. The molecule has 1 fully saturated rings. The molecular weight excluding hydrogens is 460 g/mol. The predicted molar refractivity (Wildman–Crippen MR) is 128 cm³/mol. The van der Waals surface area contributed by atoms with E-state index in [0.717, 1.165) is 11.1 Å². The summed E-state index contributed by atoms with van der Waals surface area (Å²) < 4.78 is 33.1. The maximum absolute atomic E-state index is 13.3. The Balaban J connectivity index is 1.65. The van der Waals surface area contributed by atoms with Gasteiger partial charge in [-0.25, -0.2) is 8.42 Å². The highest BCUT2D eigenvalue weighted by atomic mass is 35.5. The van der Waals surface area contributed by atoms with Crippen molar-refractivity contribution in [3.63, 3.8) is 0 Å². The number of nitrogens with zero attached hydrogens (tertiary/aromatic N) is 1. The van der Waals surface area contributed by atoms with Gasteiger partial charge in [-0.2, -0.15) is 4.31 Å². The minimum atomic E-state index is -3.73. The first kappa shape index (κ1) is 23.4. The van der Waals surface area contributed by atoms with Gasteiger partial charge in [-0.1, -0.05) is 60.1 Å². The van der Waals surface area contributed by atoms with E-state index in [1.54, 1.807) is 31.2 Å². The van der Waals surface area contributed by atoms with Crippen LogP contribution in [0.1, 0.15) is 33.1 Å². The fraction of sp³-hybridized carbons (Fsp3) is 0.240. The van der Waals surface area contributed by atoms with E-state index in [9.17, 15) is 13.2 Å². The SMILES string of the molecule is Cc1ccc(C(=O)NC(c2ccccc2)c2ccc(Cl)cc2)cc1S(=O)(=O)N1CCOCC1. The summed E-state index contributed by atoms with van der Waals surface area (Å²) >= 11 is 6.05. The Kier molecular flexibility index (Phi) is 7.14. The molecule has 1 aliphatic heterocycles. The second-order valence-electron chi connectivity index (χ2n) is 7.87. The quantitative estimate of drug-likeness (QED) is 0.569. The van der Waals surface area contributed by atoms with Crippen molar-refractivity contribution in [1.82, 2.24) is 9.62 Å². The molecule has 1 saturated heterocycles. The van der Waals surface area contributed by atoms with Gasteiger partial charge in [0.25, 0.3) is 5.91 Å². The Morgan fingerprint density at radius 2 is 1.61 bits per heavy atom. The van der Waals surface area contributed by atoms with Crippen LogP contribution in [0.4, 0.5) is 0 Å². The molecule has 4 rings (SSSR count). The number of hydrogen-bond acceptors (Lipinski definition) is 4. The molecule has 1 atom stereocenters. The van der Waals surface area contributed by atoms with E-state index < -0.39 is 16.1 Å². The second-order valence-corrected chi connectivity index (χ2v) is 10.2. The molecule has 1 amide bonds. The topological polar surface area (TPSA) is 75.7 Å². The number of aryl methyl sites for hydroxylation is 1. The Labute approximate surface area is 199 Å². The van der Waals surface area contributed by atoms with Crippen molar-refractivity contribution in [3.05, 3.63) is 100 Å². The predicted octanol–water partition coefficient (Wildman–Crippen LogP) is 4.19. The van der Waals surface area contributed by atoms with Crippen molar-refractivity contribution in [1.29, 1.82) is 0 Å². The first-order valence-electron chi connectivity index (χ1n) is 10.7. The summed E-state index contributed by atoms with van der Waals surface area (Å²) in [6, 6.07) is 21.2. The molecule has 3 aromatic rings. The van der Waals surface area contributed by atoms with Gasteiger partial charge in [-0.15, -0.1) is 0 Å². The van der Waals surface area contributed by atoms with Crippen LogP contribution in [-0.2, 0) is 14.8 Å². The van der Waals surface area contributed by atoms with Crippen LogP contribution in [0.3, 0.4) is 0 Å². The van der Waals surface area contributed by atoms with Crippen LogP contribution in [0, 0.1) is 6.92 Å². The maximum atomic E-state index is 13.3. The van der Waals surface area contributed by atoms with Gasteiger partial charge >= 0.3 is 0 Å². The highest BCUT2D eigenvalue weighted by molar-refractivity contribution is 7.89. The van der Waals surface area contributed by atoms with E-state index in [1.165, 1.54) is 10.4 Å².